The Morgan fingerprint density at radius 1 is 1.30 bits per heavy atom. The summed E-state index contributed by atoms with van der Waals surface area (Å²) in [6.45, 7) is 11.0. The summed E-state index contributed by atoms with van der Waals surface area (Å²) < 4.78 is 26.9. The van der Waals surface area contributed by atoms with Gasteiger partial charge in [-0.2, -0.15) is 4.40 Å². The average molecular weight is 344 g/mol. The van der Waals surface area contributed by atoms with Crippen LogP contribution in [0.15, 0.2) is 4.40 Å². The number of carbonyl (C=O) groups excluding carboxylic acids is 1. The van der Waals surface area contributed by atoms with Gasteiger partial charge in [-0.15, -0.1) is 0 Å². The highest BCUT2D eigenvalue weighted by molar-refractivity contribution is 7.85. The number of hydrogen-bond donors (Lipinski definition) is 0. The van der Waals surface area contributed by atoms with Crippen LogP contribution in [0.2, 0.25) is 0 Å². The van der Waals surface area contributed by atoms with E-state index >= 15 is 0 Å². The second kappa shape index (κ2) is 6.99. The van der Waals surface area contributed by atoms with Crippen LogP contribution < -0.4 is 0 Å². The highest BCUT2D eigenvalue weighted by Gasteiger charge is 2.39. The summed E-state index contributed by atoms with van der Waals surface area (Å²) in [5.41, 5.74) is 0. The zero-order chi connectivity index (χ0) is 17.3. The van der Waals surface area contributed by atoms with Crippen molar-refractivity contribution >= 4 is 23.1 Å². The average Bonchev–Trinajstić information content (AvgIpc) is 2.83. The molecule has 0 aromatic rings. The van der Waals surface area contributed by atoms with Gasteiger partial charge in [0.1, 0.15) is 11.0 Å². The van der Waals surface area contributed by atoms with Gasteiger partial charge in [0.25, 0.3) is 5.91 Å². The number of piperidine rings is 1. The maximum atomic E-state index is 12.4. The van der Waals surface area contributed by atoms with Crippen molar-refractivity contribution in [2.75, 3.05) is 19.7 Å². The molecule has 0 aliphatic carbocycles. The standard InChI is InChI=1S/C16H28N2O4S/c1-15(2,3)23(20)17-10-12-6-8-18(9-7-12)14(19)13-11-21-16(4,5)22-13/h10,12-13H,6-9,11H2,1-5H3/b17-10-. The Morgan fingerprint density at radius 3 is 2.39 bits per heavy atom. The van der Waals surface area contributed by atoms with Crippen molar-refractivity contribution in [2.24, 2.45) is 10.3 Å². The molecule has 7 heteroatoms. The molecule has 0 aromatic carbocycles. The molecule has 0 bridgehead atoms. The number of likely N-dealkylation sites (tertiary alicyclic amines) is 1. The lowest BCUT2D eigenvalue weighted by Gasteiger charge is -2.32. The molecule has 0 saturated carbocycles. The molecule has 23 heavy (non-hydrogen) atoms. The van der Waals surface area contributed by atoms with E-state index in [9.17, 15) is 9.00 Å². The molecule has 2 fully saturated rings. The van der Waals surface area contributed by atoms with Gasteiger partial charge in [-0.1, -0.05) is 0 Å². The van der Waals surface area contributed by atoms with Crippen LogP contribution in [-0.2, 0) is 25.3 Å². The highest BCUT2D eigenvalue weighted by atomic mass is 32.2. The van der Waals surface area contributed by atoms with E-state index in [-0.39, 0.29) is 16.6 Å². The molecule has 0 radical (unpaired) electrons. The van der Waals surface area contributed by atoms with Crippen LogP contribution >= 0.6 is 0 Å². The van der Waals surface area contributed by atoms with Gasteiger partial charge < -0.3 is 14.4 Å². The quantitative estimate of drug-likeness (QED) is 0.734. The van der Waals surface area contributed by atoms with Gasteiger partial charge in [0.15, 0.2) is 11.9 Å². The molecular formula is C16H28N2O4S. The van der Waals surface area contributed by atoms with Crippen molar-refractivity contribution in [3.63, 3.8) is 0 Å². The summed E-state index contributed by atoms with van der Waals surface area (Å²) >= 11 is 0. The highest BCUT2D eigenvalue weighted by Crippen LogP contribution is 2.25. The van der Waals surface area contributed by atoms with E-state index in [2.05, 4.69) is 4.40 Å². The molecule has 1 amide bonds. The van der Waals surface area contributed by atoms with Crippen molar-refractivity contribution in [3.8, 4) is 0 Å². The van der Waals surface area contributed by atoms with E-state index in [1.165, 1.54) is 0 Å². The van der Waals surface area contributed by atoms with Crippen LogP contribution in [0.5, 0.6) is 0 Å². The first kappa shape index (κ1) is 18.5. The van der Waals surface area contributed by atoms with Crippen molar-refractivity contribution in [1.29, 1.82) is 0 Å². The molecule has 2 rings (SSSR count). The Kier molecular flexibility index (Phi) is 5.63. The lowest BCUT2D eigenvalue weighted by atomic mass is 9.98. The molecule has 132 valence electrons. The molecule has 2 saturated heterocycles. The number of rotatable bonds is 3. The van der Waals surface area contributed by atoms with Crippen molar-refractivity contribution < 1.29 is 18.5 Å². The zero-order valence-electron chi connectivity index (χ0n) is 14.7. The Balaban J connectivity index is 1.81. The van der Waals surface area contributed by atoms with E-state index in [0.717, 1.165) is 12.8 Å². The van der Waals surface area contributed by atoms with Crippen molar-refractivity contribution in [3.05, 3.63) is 0 Å². The summed E-state index contributed by atoms with van der Waals surface area (Å²) in [5, 5.41) is 0. The predicted molar refractivity (Wildman–Crippen MR) is 90.6 cm³/mol. The minimum atomic E-state index is -1.21. The SMILES string of the molecule is CC1(C)OCC(C(=O)N2CCC(/C=N\S(=O)C(C)(C)C)CC2)O1. The maximum absolute atomic E-state index is 12.4. The second-order valence-corrected chi connectivity index (χ2v) is 9.53. The van der Waals surface area contributed by atoms with Gasteiger partial charge in [0.05, 0.1) is 11.4 Å². The van der Waals surface area contributed by atoms with Gasteiger partial charge in [-0.25, -0.2) is 4.21 Å². The van der Waals surface area contributed by atoms with Gasteiger partial charge in [0, 0.05) is 19.3 Å². The van der Waals surface area contributed by atoms with E-state index in [1.54, 1.807) is 0 Å². The van der Waals surface area contributed by atoms with Gasteiger partial charge in [0.2, 0.25) is 0 Å². The lowest BCUT2D eigenvalue weighted by Crippen LogP contribution is -2.45. The molecule has 0 aromatic heterocycles. The third-order valence-electron chi connectivity index (χ3n) is 4.03. The van der Waals surface area contributed by atoms with Gasteiger partial charge in [-0.05, 0) is 53.4 Å². The largest absolute Gasteiger partial charge is 0.347 e. The van der Waals surface area contributed by atoms with Crippen LogP contribution in [0.4, 0.5) is 0 Å². The number of ether oxygens (including phenoxy) is 2. The summed E-state index contributed by atoms with van der Waals surface area (Å²) in [6.07, 6.45) is 2.99. The van der Waals surface area contributed by atoms with Crippen LogP contribution in [0.3, 0.4) is 0 Å². The first-order valence-corrected chi connectivity index (χ1v) is 9.26. The van der Waals surface area contributed by atoms with Crippen LogP contribution in [0, 0.1) is 5.92 Å². The second-order valence-electron chi connectivity index (χ2n) is 7.60. The number of nitrogens with zero attached hydrogens (tertiary/aromatic N) is 2. The van der Waals surface area contributed by atoms with E-state index < -0.39 is 22.9 Å². The maximum Gasteiger partial charge on any atom is 0.254 e. The molecule has 0 N–H and O–H groups in total. The van der Waals surface area contributed by atoms with Crippen molar-refractivity contribution in [1.82, 2.24) is 4.90 Å². The molecule has 2 unspecified atom stereocenters. The van der Waals surface area contributed by atoms with Crippen LogP contribution in [0.1, 0.15) is 47.5 Å². The third kappa shape index (κ3) is 5.09. The monoisotopic (exact) mass is 344 g/mol. The topological polar surface area (TPSA) is 68.2 Å². The molecule has 6 nitrogen and oxygen atoms in total. The van der Waals surface area contributed by atoms with Crippen LogP contribution in [-0.4, -0.2) is 57.6 Å². The zero-order valence-corrected chi connectivity index (χ0v) is 15.5. The van der Waals surface area contributed by atoms with E-state index in [1.807, 2.05) is 45.7 Å². The van der Waals surface area contributed by atoms with Gasteiger partial charge in [-0.3, -0.25) is 4.79 Å². The number of hydrogen-bond acceptors (Lipinski definition) is 4. The normalized spacial score (nSPS) is 27.5. The van der Waals surface area contributed by atoms with Crippen LogP contribution in [0.25, 0.3) is 0 Å². The fraction of sp³-hybridized carbons (Fsp3) is 0.875. The van der Waals surface area contributed by atoms with E-state index in [4.69, 9.17) is 9.47 Å². The summed E-state index contributed by atoms with van der Waals surface area (Å²) in [6, 6.07) is 0. The Hall–Kier alpha value is -0.790. The molecular weight excluding hydrogens is 316 g/mol. The molecule has 2 aliphatic heterocycles. The third-order valence-corrected chi connectivity index (χ3v) is 5.39. The smallest absolute Gasteiger partial charge is 0.254 e. The first-order chi connectivity index (χ1) is 10.6. The summed E-state index contributed by atoms with van der Waals surface area (Å²) in [7, 11) is -1.21. The van der Waals surface area contributed by atoms with Gasteiger partial charge >= 0.3 is 0 Å². The molecule has 0 spiro atoms. The molecule has 2 aliphatic rings. The Morgan fingerprint density at radius 2 is 1.91 bits per heavy atom. The minimum Gasteiger partial charge on any atom is -0.347 e. The fourth-order valence-corrected chi connectivity index (χ4v) is 3.18. The van der Waals surface area contributed by atoms with Crippen molar-refractivity contribution in [2.45, 2.75) is 64.1 Å². The minimum absolute atomic E-state index is 0.00392. The number of carbonyl (C=O) groups is 1. The lowest BCUT2D eigenvalue weighted by molar-refractivity contribution is -0.160. The predicted octanol–water partition coefficient (Wildman–Crippen LogP) is 1.91. The first-order valence-electron chi connectivity index (χ1n) is 8.15. The Labute approximate surface area is 141 Å². The Bertz CT molecular complexity index is 491. The number of amides is 1. The van der Waals surface area contributed by atoms with E-state index in [0.29, 0.717) is 19.7 Å². The molecule has 2 heterocycles. The summed E-state index contributed by atoms with van der Waals surface area (Å²) in [5.74, 6) is -0.394. The fourth-order valence-electron chi connectivity index (χ4n) is 2.58. The molecule has 2 atom stereocenters. The summed E-state index contributed by atoms with van der Waals surface area (Å²) in [4.78, 5) is 14.3.